The lowest BCUT2D eigenvalue weighted by Crippen LogP contribution is -2.09. The van der Waals surface area contributed by atoms with Crippen LogP contribution in [0, 0.1) is 0 Å². The molecule has 1 aliphatic carbocycles. The summed E-state index contributed by atoms with van der Waals surface area (Å²) in [5.41, 5.74) is 14.8. The standard InChI is InChI=1S/C50H31N3O2/c1-5-16-42-38(13-1)48(39-15-9-14-37-35-11-3-8-19-46(35)55-49(37)39)52-50(51-42)53-43-17-6-2-10-34(43)40-28-32(24-26-44(40)53)30-20-22-31(23-21-30)33-25-27-47-41(29-33)36-12-4-7-18-45(36)54-47/h1-23,25,27-29H,24,26H2. The Balaban J connectivity index is 0.975. The average molecular weight is 706 g/mol. The van der Waals surface area contributed by atoms with Crippen molar-refractivity contribution in [3.8, 4) is 28.3 Å². The lowest BCUT2D eigenvalue weighted by atomic mass is 9.90. The Morgan fingerprint density at radius 2 is 1.13 bits per heavy atom. The van der Waals surface area contributed by atoms with E-state index in [0.29, 0.717) is 5.95 Å². The van der Waals surface area contributed by atoms with Gasteiger partial charge in [-0.25, -0.2) is 9.97 Å². The van der Waals surface area contributed by atoms with Crippen LogP contribution in [0.3, 0.4) is 0 Å². The summed E-state index contributed by atoms with van der Waals surface area (Å²) in [5, 5.41) is 6.67. The lowest BCUT2D eigenvalue weighted by molar-refractivity contribution is 0.669. The number of hydrogen-bond acceptors (Lipinski definition) is 4. The van der Waals surface area contributed by atoms with Crippen LogP contribution in [0.4, 0.5) is 0 Å². The molecule has 0 spiro atoms. The van der Waals surface area contributed by atoms with E-state index in [9.17, 15) is 0 Å². The van der Waals surface area contributed by atoms with E-state index in [4.69, 9.17) is 18.8 Å². The Morgan fingerprint density at radius 3 is 1.98 bits per heavy atom. The third-order valence-corrected chi connectivity index (χ3v) is 11.4. The molecule has 12 rings (SSSR count). The number of allylic oxidation sites excluding steroid dienone is 1. The topological polar surface area (TPSA) is 57.0 Å². The van der Waals surface area contributed by atoms with Crippen molar-refractivity contribution < 1.29 is 8.83 Å². The monoisotopic (exact) mass is 705 g/mol. The zero-order valence-electron chi connectivity index (χ0n) is 29.7. The second-order valence-corrected chi connectivity index (χ2v) is 14.4. The number of nitrogens with zero attached hydrogens (tertiary/aromatic N) is 3. The first-order valence-corrected chi connectivity index (χ1v) is 18.8. The molecule has 0 unspecified atom stereocenters. The van der Waals surface area contributed by atoms with Crippen molar-refractivity contribution >= 4 is 77.3 Å². The Labute approximate surface area is 315 Å². The van der Waals surface area contributed by atoms with Gasteiger partial charge in [0.2, 0.25) is 5.95 Å². The predicted molar refractivity (Wildman–Crippen MR) is 224 cm³/mol. The van der Waals surface area contributed by atoms with Crippen LogP contribution in [0.1, 0.15) is 23.2 Å². The van der Waals surface area contributed by atoms with E-state index in [1.165, 1.54) is 38.9 Å². The number of hydrogen-bond donors (Lipinski definition) is 0. The number of furan rings is 2. The van der Waals surface area contributed by atoms with Gasteiger partial charge in [-0.1, -0.05) is 115 Å². The molecule has 0 amide bonds. The minimum atomic E-state index is 0.669. The van der Waals surface area contributed by atoms with Crippen molar-refractivity contribution in [2.75, 3.05) is 0 Å². The fourth-order valence-corrected chi connectivity index (χ4v) is 8.77. The molecule has 11 aromatic rings. The quantitative estimate of drug-likeness (QED) is 0.183. The molecular weight excluding hydrogens is 675 g/mol. The maximum absolute atomic E-state index is 6.51. The number of para-hydroxylation sites is 5. The van der Waals surface area contributed by atoms with Crippen LogP contribution in [0.2, 0.25) is 0 Å². The first-order valence-electron chi connectivity index (χ1n) is 18.8. The number of fused-ring (bicyclic) bond motifs is 10. The van der Waals surface area contributed by atoms with E-state index >= 15 is 0 Å². The van der Waals surface area contributed by atoms with Crippen LogP contribution in [-0.4, -0.2) is 14.5 Å². The van der Waals surface area contributed by atoms with Gasteiger partial charge in [0.25, 0.3) is 0 Å². The maximum Gasteiger partial charge on any atom is 0.235 e. The van der Waals surface area contributed by atoms with E-state index in [0.717, 1.165) is 84.4 Å². The molecule has 5 heteroatoms. The Hall–Kier alpha value is -7.24. The smallest absolute Gasteiger partial charge is 0.235 e. The first kappa shape index (κ1) is 30.2. The molecule has 5 nitrogen and oxygen atoms in total. The summed E-state index contributed by atoms with van der Waals surface area (Å²) in [6.07, 6.45) is 4.16. The number of rotatable bonds is 4. The lowest BCUT2D eigenvalue weighted by Gasteiger charge is -2.18. The third kappa shape index (κ3) is 4.60. The van der Waals surface area contributed by atoms with E-state index in [1.54, 1.807) is 0 Å². The summed E-state index contributed by atoms with van der Waals surface area (Å²) in [6.45, 7) is 0. The molecule has 0 saturated carbocycles. The minimum Gasteiger partial charge on any atom is -0.456 e. The molecule has 4 heterocycles. The maximum atomic E-state index is 6.51. The summed E-state index contributed by atoms with van der Waals surface area (Å²) in [5.74, 6) is 0.669. The minimum absolute atomic E-state index is 0.669. The van der Waals surface area contributed by atoms with Crippen molar-refractivity contribution in [1.82, 2.24) is 14.5 Å². The van der Waals surface area contributed by atoms with Crippen LogP contribution < -0.4 is 0 Å². The van der Waals surface area contributed by atoms with Gasteiger partial charge >= 0.3 is 0 Å². The van der Waals surface area contributed by atoms with E-state index in [2.05, 4.69) is 138 Å². The van der Waals surface area contributed by atoms with Crippen molar-refractivity contribution in [3.05, 3.63) is 175 Å². The molecule has 0 bridgehead atoms. The van der Waals surface area contributed by atoms with Crippen molar-refractivity contribution in [3.63, 3.8) is 0 Å². The molecule has 0 aliphatic heterocycles. The molecule has 0 fully saturated rings. The van der Waals surface area contributed by atoms with Gasteiger partial charge in [0, 0.05) is 49.1 Å². The molecule has 0 atom stereocenters. The molecule has 7 aromatic carbocycles. The van der Waals surface area contributed by atoms with Gasteiger partial charge in [0.15, 0.2) is 0 Å². The van der Waals surface area contributed by atoms with Crippen LogP contribution >= 0.6 is 0 Å². The first-order chi connectivity index (χ1) is 27.2. The SMILES string of the molecule is C1=C(c2ccc(-c3ccc4oc5ccccc5c4c3)cc2)CCc2c1c1ccccc1n2-c1nc(-c2cccc3c2oc2ccccc23)c2ccccc2n1. The van der Waals surface area contributed by atoms with Crippen LogP contribution in [-0.2, 0) is 6.42 Å². The van der Waals surface area contributed by atoms with Crippen molar-refractivity contribution in [1.29, 1.82) is 0 Å². The molecule has 0 N–H and O–H groups in total. The highest BCUT2D eigenvalue weighted by Crippen LogP contribution is 2.41. The summed E-state index contributed by atoms with van der Waals surface area (Å²) < 4.78 is 14.9. The Bertz CT molecular complexity index is 3380. The third-order valence-electron chi connectivity index (χ3n) is 11.4. The fourth-order valence-electron chi connectivity index (χ4n) is 8.77. The Kier molecular flexibility index (Phi) is 6.39. The van der Waals surface area contributed by atoms with Gasteiger partial charge in [-0.15, -0.1) is 0 Å². The highest BCUT2D eigenvalue weighted by Gasteiger charge is 2.25. The van der Waals surface area contributed by atoms with Gasteiger partial charge in [-0.05, 0) is 83.6 Å². The predicted octanol–water partition coefficient (Wildman–Crippen LogP) is 13.2. The van der Waals surface area contributed by atoms with Crippen molar-refractivity contribution in [2.45, 2.75) is 12.8 Å². The van der Waals surface area contributed by atoms with Crippen LogP contribution in [0.25, 0.3) is 106 Å². The van der Waals surface area contributed by atoms with Gasteiger partial charge in [0.05, 0.1) is 16.7 Å². The van der Waals surface area contributed by atoms with Gasteiger partial charge in [-0.3, -0.25) is 4.57 Å². The molecular formula is C50H31N3O2. The second-order valence-electron chi connectivity index (χ2n) is 14.4. The largest absolute Gasteiger partial charge is 0.456 e. The molecule has 4 aromatic heterocycles. The summed E-state index contributed by atoms with van der Waals surface area (Å²) in [7, 11) is 0. The summed E-state index contributed by atoms with van der Waals surface area (Å²) in [6, 6.07) is 55.2. The van der Waals surface area contributed by atoms with E-state index < -0.39 is 0 Å². The van der Waals surface area contributed by atoms with Gasteiger partial charge in [0.1, 0.15) is 22.3 Å². The highest BCUT2D eigenvalue weighted by molar-refractivity contribution is 6.11. The zero-order valence-corrected chi connectivity index (χ0v) is 29.7. The normalized spacial score (nSPS) is 13.1. The highest BCUT2D eigenvalue weighted by atomic mass is 16.3. The molecule has 258 valence electrons. The van der Waals surface area contributed by atoms with Gasteiger partial charge in [-0.2, -0.15) is 0 Å². The molecule has 0 saturated heterocycles. The zero-order chi connectivity index (χ0) is 36.0. The number of aromatic nitrogens is 3. The van der Waals surface area contributed by atoms with Gasteiger partial charge < -0.3 is 8.83 Å². The van der Waals surface area contributed by atoms with Crippen molar-refractivity contribution in [2.24, 2.45) is 0 Å². The molecule has 0 radical (unpaired) electrons. The molecule has 1 aliphatic rings. The molecule has 55 heavy (non-hydrogen) atoms. The second kappa shape index (κ2) is 11.6. The van der Waals surface area contributed by atoms with E-state index in [1.807, 2.05) is 30.3 Å². The number of benzene rings is 7. The average Bonchev–Trinajstić information content (AvgIpc) is 3.92. The summed E-state index contributed by atoms with van der Waals surface area (Å²) in [4.78, 5) is 10.6. The summed E-state index contributed by atoms with van der Waals surface area (Å²) >= 11 is 0. The van der Waals surface area contributed by atoms with E-state index in [-0.39, 0.29) is 0 Å². The Morgan fingerprint density at radius 1 is 0.473 bits per heavy atom. The fraction of sp³-hybridized carbons (Fsp3) is 0.0400. The van der Waals surface area contributed by atoms with Crippen LogP contribution in [0.5, 0.6) is 0 Å². The van der Waals surface area contributed by atoms with Crippen LogP contribution in [0.15, 0.2) is 167 Å².